The van der Waals surface area contributed by atoms with Crippen molar-refractivity contribution in [2.24, 2.45) is 0 Å². The minimum absolute atomic E-state index is 0. The summed E-state index contributed by atoms with van der Waals surface area (Å²) < 4.78 is 9.59. The monoisotopic (exact) mass is 113 g/mol. The van der Waals surface area contributed by atoms with E-state index in [1.165, 1.54) is 0 Å². The highest BCUT2D eigenvalue weighted by atomic mass is 31.1. The van der Waals surface area contributed by atoms with Gasteiger partial charge in [-0.25, -0.2) is 0 Å². The van der Waals surface area contributed by atoms with Crippen molar-refractivity contribution in [1.82, 2.24) is 0 Å². The summed E-state index contributed by atoms with van der Waals surface area (Å²) in [5.41, 5.74) is 0. The van der Waals surface area contributed by atoms with Crippen LogP contribution in [0.1, 0.15) is 0 Å². The summed E-state index contributed by atoms with van der Waals surface area (Å²) in [6.45, 7) is 3.35. The second-order valence-corrected chi connectivity index (χ2v) is 2.44. The Balaban J connectivity index is -0.0000000450. The Morgan fingerprint density at radius 3 is 1.17 bits per heavy atom. The molecule has 0 saturated heterocycles. The molecule has 3 nitrogen and oxygen atoms in total. The largest absolute Gasteiger partial charge is 0.412 e. The fourth-order valence-electron chi connectivity index (χ4n) is 0. The summed E-state index contributed by atoms with van der Waals surface area (Å²) in [5, 5.41) is 0. The van der Waals surface area contributed by atoms with Crippen LogP contribution in [-0.4, -0.2) is 24.3 Å². The molecule has 4 heteroatoms. The summed E-state index contributed by atoms with van der Waals surface area (Å²) in [6.07, 6.45) is 0. The van der Waals surface area contributed by atoms with Crippen LogP contribution in [0.25, 0.3) is 0 Å². The van der Waals surface area contributed by atoms with Gasteiger partial charge in [-0.05, 0) is 0 Å². The maximum atomic E-state index is 9.59. The van der Waals surface area contributed by atoms with Gasteiger partial charge in [0.25, 0.3) is 0 Å². The summed E-state index contributed by atoms with van der Waals surface area (Å²) in [7, 11) is -0.870. The van der Waals surface area contributed by atoms with Crippen LogP contribution in [-0.2, 0) is 4.57 Å². The zero-order valence-corrected chi connectivity index (χ0v) is 4.75. The average Bonchev–Trinajstić information content (AvgIpc) is 0.811. The van der Waals surface area contributed by atoms with E-state index >= 15 is 0 Å². The molecule has 0 fully saturated rings. The molecular formula is C2H10O3P+. The Bertz CT molecular complexity index is 31.8. The van der Waals surface area contributed by atoms with Gasteiger partial charge in [0.05, 0.1) is 0 Å². The predicted molar refractivity (Wildman–Crippen MR) is 26.7 cm³/mol. The van der Waals surface area contributed by atoms with Gasteiger partial charge in [0.2, 0.25) is 0 Å². The molecule has 0 aromatic rings. The standard InChI is InChI=1S/C2H6OP.2H2O/c1-4(2)3;;/h1-2H3;2*1H2/q+1;;. The second-order valence-electron chi connectivity index (χ2n) is 0.812. The Morgan fingerprint density at radius 1 is 1.17 bits per heavy atom. The lowest BCUT2D eigenvalue weighted by molar-refractivity contribution is 0.594. The molecule has 0 aliphatic rings. The summed E-state index contributed by atoms with van der Waals surface area (Å²) >= 11 is 0. The molecule has 0 radical (unpaired) electrons. The normalized spacial score (nSPS) is 4.33. The molecular weight excluding hydrogens is 103 g/mol. The van der Waals surface area contributed by atoms with E-state index in [4.69, 9.17) is 0 Å². The Morgan fingerprint density at radius 2 is 1.17 bits per heavy atom. The van der Waals surface area contributed by atoms with Gasteiger partial charge in [0.1, 0.15) is 13.3 Å². The van der Waals surface area contributed by atoms with Crippen LogP contribution in [0.15, 0.2) is 0 Å². The van der Waals surface area contributed by atoms with Gasteiger partial charge in [-0.3, -0.25) is 0 Å². The topological polar surface area (TPSA) is 80.1 Å². The molecule has 4 N–H and O–H groups in total. The molecule has 0 saturated carbocycles. The van der Waals surface area contributed by atoms with Crippen molar-refractivity contribution in [3.05, 3.63) is 0 Å². The molecule has 0 amide bonds. The predicted octanol–water partition coefficient (Wildman–Crippen LogP) is -0.576. The van der Waals surface area contributed by atoms with E-state index in [0.29, 0.717) is 0 Å². The van der Waals surface area contributed by atoms with Crippen molar-refractivity contribution in [2.45, 2.75) is 0 Å². The van der Waals surface area contributed by atoms with Gasteiger partial charge in [0, 0.05) is 0 Å². The highest BCUT2D eigenvalue weighted by Gasteiger charge is 1.80. The second kappa shape index (κ2) is 8.89. The molecule has 0 spiro atoms. The number of hydrogen-bond acceptors (Lipinski definition) is 1. The van der Waals surface area contributed by atoms with Gasteiger partial charge in [0.15, 0.2) is 0 Å². The lowest BCUT2D eigenvalue weighted by atomic mass is 11.9. The summed E-state index contributed by atoms with van der Waals surface area (Å²) in [4.78, 5) is 0. The fourth-order valence-corrected chi connectivity index (χ4v) is 0. The fraction of sp³-hybridized carbons (Fsp3) is 1.00. The summed E-state index contributed by atoms with van der Waals surface area (Å²) in [5.74, 6) is 0. The Kier molecular flexibility index (Phi) is 24.7. The molecule has 0 aliphatic carbocycles. The van der Waals surface area contributed by atoms with E-state index in [0.717, 1.165) is 0 Å². The molecule has 0 atom stereocenters. The van der Waals surface area contributed by atoms with Gasteiger partial charge in [-0.1, -0.05) is 4.57 Å². The van der Waals surface area contributed by atoms with Crippen LogP contribution in [0.2, 0.25) is 0 Å². The molecule has 0 bridgehead atoms. The van der Waals surface area contributed by atoms with Crippen LogP contribution < -0.4 is 0 Å². The Hall–Kier alpha value is 0.0200. The van der Waals surface area contributed by atoms with Crippen molar-refractivity contribution >= 4 is 7.80 Å². The number of hydrogen-bond donors (Lipinski definition) is 0. The zero-order valence-electron chi connectivity index (χ0n) is 3.86. The number of rotatable bonds is 0. The van der Waals surface area contributed by atoms with E-state index in [2.05, 4.69) is 0 Å². The van der Waals surface area contributed by atoms with Gasteiger partial charge >= 0.3 is 7.80 Å². The van der Waals surface area contributed by atoms with Crippen molar-refractivity contribution in [2.75, 3.05) is 13.3 Å². The minimum atomic E-state index is -0.870. The molecule has 0 unspecified atom stereocenters. The van der Waals surface area contributed by atoms with Crippen LogP contribution >= 0.6 is 7.80 Å². The maximum Gasteiger partial charge on any atom is 0.332 e. The van der Waals surface area contributed by atoms with Crippen molar-refractivity contribution < 1.29 is 15.5 Å². The first-order valence-corrected chi connectivity index (χ1v) is 3.23. The molecule has 0 aliphatic heterocycles. The Labute approximate surface area is 37.8 Å². The molecule has 6 heavy (non-hydrogen) atoms. The third kappa shape index (κ3) is 91700. The van der Waals surface area contributed by atoms with Crippen LogP contribution in [0.5, 0.6) is 0 Å². The third-order valence-electron chi connectivity index (χ3n) is 0. The molecule has 0 rings (SSSR count). The average molecular weight is 113 g/mol. The first-order valence-electron chi connectivity index (χ1n) is 1.08. The van der Waals surface area contributed by atoms with E-state index in [1.54, 1.807) is 13.3 Å². The first-order chi connectivity index (χ1) is 1.73. The van der Waals surface area contributed by atoms with Crippen molar-refractivity contribution in [3.8, 4) is 0 Å². The SMILES string of the molecule is C[P+](C)=O.O.O. The first kappa shape index (κ1) is 16.6. The quantitative estimate of drug-likeness (QED) is 0.387. The van der Waals surface area contributed by atoms with Crippen molar-refractivity contribution in [3.63, 3.8) is 0 Å². The van der Waals surface area contributed by atoms with E-state index < -0.39 is 7.80 Å². The van der Waals surface area contributed by atoms with Gasteiger partial charge in [-0.15, -0.1) is 0 Å². The van der Waals surface area contributed by atoms with Crippen LogP contribution in [0.3, 0.4) is 0 Å². The van der Waals surface area contributed by atoms with Crippen molar-refractivity contribution in [1.29, 1.82) is 0 Å². The molecule has 0 heterocycles. The lowest BCUT2D eigenvalue weighted by Crippen LogP contribution is -1.33. The van der Waals surface area contributed by atoms with E-state index in [9.17, 15) is 4.57 Å². The summed E-state index contributed by atoms with van der Waals surface area (Å²) in [6, 6.07) is 0. The van der Waals surface area contributed by atoms with E-state index in [1.807, 2.05) is 0 Å². The third-order valence-corrected chi connectivity index (χ3v) is 0. The molecule has 40 valence electrons. The molecule has 0 aromatic heterocycles. The minimum Gasteiger partial charge on any atom is -0.412 e. The van der Waals surface area contributed by atoms with Crippen LogP contribution in [0.4, 0.5) is 0 Å². The molecule has 0 aromatic carbocycles. The van der Waals surface area contributed by atoms with E-state index in [-0.39, 0.29) is 11.0 Å². The zero-order chi connectivity index (χ0) is 3.58. The smallest absolute Gasteiger partial charge is 0.332 e. The highest BCUT2D eigenvalue weighted by molar-refractivity contribution is 7.42. The van der Waals surface area contributed by atoms with Crippen LogP contribution in [0, 0.1) is 0 Å². The highest BCUT2D eigenvalue weighted by Crippen LogP contribution is 2.00. The van der Waals surface area contributed by atoms with Gasteiger partial charge < -0.3 is 11.0 Å². The maximum absolute atomic E-state index is 9.59. The lowest BCUT2D eigenvalue weighted by Gasteiger charge is -1.37. The van der Waals surface area contributed by atoms with Gasteiger partial charge in [-0.2, -0.15) is 0 Å².